The summed E-state index contributed by atoms with van der Waals surface area (Å²) in [5.74, 6) is 1.25. The van der Waals surface area contributed by atoms with Crippen molar-refractivity contribution < 1.29 is 23.8 Å². The van der Waals surface area contributed by atoms with Crippen molar-refractivity contribution in [1.82, 2.24) is 0 Å². The Hall–Kier alpha value is -3.34. The number of rotatable bonds is 9. The normalized spacial score (nSPS) is 17.9. The monoisotopic (exact) mass is 490 g/mol. The van der Waals surface area contributed by atoms with Gasteiger partial charge in [-0.15, -0.1) is 0 Å². The van der Waals surface area contributed by atoms with Crippen molar-refractivity contribution in [2.75, 3.05) is 7.11 Å². The van der Waals surface area contributed by atoms with Gasteiger partial charge >= 0.3 is 5.97 Å². The van der Waals surface area contributed by atoms with Crippen LogP contribution >= 0.6 is 0 Å². The first-order valence-electron chi connectivity index (χ1n) is 12.5. The third-order valence-electron chi connectivity index (χ3n) is 7.13. The van der Waals surface area contributed by atoms with Gasteiger partial charge in [-0.25, -0.2) is 4.39 Å². The smallest absolute Gasteiger partial charge is 0.303 e. The molecule has 0 unspecified atom stereocenters. The van der Waals surface area contributed by atoms with E-state index in [1.165, 1.54) is 6.07 Å². The van der Waals surface area contributed by atoms with E-state index >= 15 is 0 Å². The highest BCUT2D eigenvalue weighted by Crippen LogP contribution is 2.50. The molecule has 0 saturated heterocycles. The summed E-state index contributed by atoms with van der Waals surface area (Å²) >= 11 is 0. The Kier molecular flexibility index (Phi) is 7.39. The van der Waals surface area contributed by atoms with Crippen molar-refractivity contribution in [3.8, 4) is 22.6 Å². The van der Waals surface area contributed by atoms with Gasteiger partial charge in [0.05, 0.1) is 13.5 Å². The zero-order valence-electron chi connectivity index (χ0n) is 21.7. The van der Waals surface area contributed by atoms with E-state index in [4.69, 9.17) is 9.47 Å². The van der Waals surface area contributed by atoms with Crippen molar-refractivity contribution in [2.24, 2.45) is 11.8 Å². The molecule has 1 aliphatic rings. The molecule has 3 aromatic rings. The predicted octanol–water partition coefficient (Wildman–Crippen LogP) is 7.59. The van der Waals surface area contributed by atoms with Gasteiger partial charge in [-0.3, -0.25) is 4.79 Å². The fourth-order valence-corrected chi connectivity index (χ4v) is 4.99. The lowest BCUT2D eigenvalue weighted by Gasteiger charge is -2.25. The molecule has 0 aromatic heterocycles. The molecule has 3 atom stereocenters. The average Bonchev–Trinajstić information content (AvgIpc) is 3.57. The van der Waals surface area contributed by atoms with Crippen LogP contribution in [0.3, 0.4) is 0 Å². The number of benzene rings is 3. The third-order valence-corrected chi connectivity index (χ3v) is 7.13. The number of halogens is 1. The van der Waals surface area contributed by atoms with Gasteiger partial charge < -0.3 is 14.6 Å². The maximum atomic E-state index is 14.8. The number of ether oxygens (including phenoxy) is 2. The fraction of sp³-hybridized carbons (Fsp3) is 0.387. The highest BCUT2D eigenvalue weighted by Gasteiger charge is 2.41. The SMILES string of the molecule is COc1ccc(F)c(-c2ccc(COc3cccc([C@H](CC(=O)O)[C@H]4C[C@@H]4C)c3)cc2C(C)(C)C)c1. The van der Waals surface area contributed by atoms with Crippen LogP contribution in [-0.4, -0.2) is 18.2 Å². The van der Waals surface area contributed by atoms with Crippen LogP contribution in [0.5, 0.6) is 11.5 Å². The number of methoxy groups -OCH3 is 1. The summed E-state index contributed by atoms with van der Waals surface area (Å²) < 4.78 is 26.2. The van der Waals surface area contributed by atoms with Crippen molar-refractivity contribution in [3.63, 3.8) is 0 Å². The Morgan fingerprint density at radius 3 is 2.44 bits per heavy atom. The quantitative estimate of drug-likeness (QED) is 0.336. The zero-order valence-corrected chi connectivity index (χ0v) is 21.7. The largest absolute Gasteiger partial charge is 0.497 e. The predicted molar refractivity (Wildman–Crippen MR) is 140 cm³/mol. The lowest BCUT2D eigenvalue weighted by molar-refractivity contribution is -0.137. The minimum Gasteiger partial charge on any atom is -0.497 e. The molecule has 0 radical (unpaired) electrons. The first kappa shape index (κ1) is 25.7. The Balaban J connectivity index is 1.58. The van der Waals surface area contributed by atoms with E-state index in [1.807, 2.05) is 36.4 Å². The van der Waals surface area contributed by atoms with Crippen molar-refractivity contribution in [3.05, 3.63) is 83.2 Å². The summed E-state index contributed by atoms with van der Waals surface area (Å²) in [6.45, 7) is 8.86. The van der Waals surface area contributed by atoms with Gasteiger partial charge in [0.25, 0.3) is 0 Å². The summed E-state index contributed by atoms with van der Waals surface area (Å²) in [6.07, 6.45) is 1.20. The van der Waals surface area contributed by atoms with E-state index in [2.05, 4.69) is 33.8 Å². The Labute approximate surface area is 213 Å². The van der Waals surface area contributed by atoms with Crippen LogP contribution in [0.4, 0.5) is 4.39 Å². The molecular formula is C31H35FO4. The fourth-order valence-electron chi connectivity index (χ4n) is 4.99. The van der Waals surface area contributed by atoms with Crippen LogP contribution in [0.15, 0.2) is 60.7 Å². The molecule has 5 heteroatoms. The number of carboxylic acid groups (broad SMARTS) is 1. The van der Waals surface area contributed by atoms with Crippen LogP contribution in [0, 0.1) is 17.7 Å². The second-order valence-corrected chi connectivity index (χ2v) is 10.9. The van der Waals surface area contributed by atoms with Crippen LogP contribution in [0.2, 0.25) is 0 Å². The lowest BCUT2D eigenvalue weighted by Crippen LogP contribution is -2.14. The number of carboxylic acids is 1. The molecule has 36 heavy (non-hydrogen) atoms. The summed E-state index contributed by atoms with van der Waals surface area (Å²) in [7, 11) is 1.58. The van der Waals surface area contributed by atoms with Crippen LogP contribution in [0.25, 0.3) is 11.1 Å². The van der Waals surface area contributed by atoms with Crippen molar-refractivity contribution in [1.29, 1.82) is 0 Å². The molecule has 4 nitrogen and oxygen atoms in total. The molecule has 1 fully saturated rings. The van der Waals surface area contributed by atoms with Gasteiger partial charge in [0.1, 0.15) is 23.9 Å². The molecule has 0 bridgehead atoms. The van der Waals surface area contributed by atoms with E-state index < -0.39 is 5.97 Å². The third kappa shape index (κ3) is 5.89. The second kappa shape index (κ2) is 10.3. The van der Waals surface area contributed by atoms with Gasteiger partial charge in [-0.05, 0) is 82.2 Å². The minimum atomic E-state index is -0.771. The van der Waals surface area contributed by atoms with Gasteiger partial charge in [-0.2, -0.15) is 0 Å². The maximum Gasteiger partial charge on any atom is 0.303 e. The molecular weight excluding hydrogens is 455 g/mol. The van der Waals surface area contributed by atoms with E-state index in [9.17, 15) is 14.3 Å². The van der Waals surface area contributed by atoms with E-state index in [1.54, 1.807) is 19.2 Å². The van der Waals surface area contributed by atoms with E-state index in [0.29, 0.717) is 29.8 Å². The molecule has 0 amide bonds. The molecule has 0 spiro atoms. The standard InChI is InChI=1S/C31H35FO4/c1-19-13-25(19)26(17-30(33)34)21-7-6-8-23(15-21)36-18-20-9-11-24(28(14-20)31(2,3)4)27-16-22(35-5)10-12-29(27)32/h6-12,14-16,19,25-26H,13,17-18H2,1-5H3,(H,33,34)/t19-,25-,26-/m0/s1. The highest BCUT2D eigenvalue weighted by molar-refractivity contribution is 5.71. The molecule has 190 valence electrons. The highest BCUT2D eigenvalue weighted by atomic mass is 19.1. The molecule has 1 aliphatic carbocycles. The van der Waals surface area contributed by atoms with E-state index in [-0.39, 0.29) is 23.6 Å². The van der Waals surface area contributed by atoms with Crippen LogP contribution in [-0.2, 0) is 16.8 Å². The zero-order chi connectivity index (χ0) is 26.0. The number of hydrogen-bond donors (Lipinski definition) is 1. The van der Waals surface area contributed by atoms with E-state index in [0.717, 1.165) is 34.4 Å². The van der Waals surface area contributed by atoms with Crippen LogP contribution in [0.1, 0.15) is 63.1 Å². The van der Waals surface area contributed by atoms with Gasteiger partial charge in [0, 0.05) is 5.56 Å². The molecule has 0 heterocycles. The molecule has 4 rings (SSSR count). The molecule has 1 N–H and O–H groups in total. The molecule has 0 aliphatic heterocycles. The number of hydrogen-bond acceptors (Lipinski definition) is 3. The van der Waals surface area contributed by atoms with Gasteiger partial charge in [-0.1, -0.05) is 58.0 Å². The number of carbonyl (C=O) groups is 1. The first-order chi connectivity index (χ1) is 17.1. The first-order valence-corrected chi connectivity index (χ1v) is 12.5. The van der Waals surface area contributed by atoms with Crippen LogP contribution < -0.4 is 9.47 Å². The number of aliphatic carboxylic acids is 1. The summed E-state index contributed by atoms with van der Waals surface area (Å²) in [5, 5.41) is 9.41. The maximum absolute atomic E-state index is 14.8. The Morgan fingerprint density at radius 1 is 1.06 bits per heavy atom. The minimum absolute atomic E-state index is 0.00517. The summed E-state index contributed by atoms with van der Waals surface area (Å²) in [6, 6.07) is 18.6. The van der Waals surface area contributed by atoms with Crippen molar-refractivity contribution in [2.45, 2.75) is 58.5 Å². The van der Waals surface area contributed by atoms with Gasteiger partial charge in [0.2, 0.25) is 0 Å². The molecule has 3 aromatic carbocycles. The van der Waals surface area contributed by atoms with Crippen molar-refractivity contribution >= 4 is 5.97 Å². The second-order valence-electron chi connectivity index (χ2n) is 10.9. The average molecular weight is 491 g/mol. The topological polar surface area (TPSA) is 55.8 Å². The summed E-state index contributed by atoms with van der Waals surface area (Å²) in [5.41, 5.74) is 4.15. The molecule has 1 saturated carbocycles. The Morgan fingerprint density at radius 2 is 1.81 bits per heavy atom. The summed E-state index contributed by atoms with van der Waals surface area (Å²) in [4.78, 5) is 11.5. The van der Waals surface area contributed by atoms with Gasteiger partial charge in [0.15, 0.2) is 0 Å². The lowest BCUT2D eigenvalue weighted by atomic mass is 9.81. The Bertz CT molecular complexity index is 1240.